The summed E-state index contributed by atoms with van der Waals surface area (Å²) in [4.78, 5) is 16.8. The van der Waals surface area contributed by atoms with E-state index in [1.807, 2.05) is 13.1 Å². The number of benzene rings is 5. The van der Waals surface area contributed by atoms with Gasteiger partial charge in [-0.25, -0.2) is 0 Å². The van der Waals surface area contributed by atoms with Crippen molar-refractivity contribution in [1.29, 1.82) is 0 Å². The van der Waals surface area contributed by atoms with Gasteiger partial charge in [0, 0.05) is 24.8 Å². The van der Waals surface area contributed by atoms with Crippen LogP contribution in [0.4, 0.5) is 17.1 Å². The van der Waals surface area contributed by atoms with E-state index < -0.39 is 5.41 Å². The minimum Gasteiger partial charge on any atom is -0.337 e. The number of carbonyl (C=O) groups is 1. The predicted molar refractivity (Wildman–Crippen MR) is 158 cm³/mol. The third kappa shape index (κ3) is 3.39. The van der Waals surface area contributed by atoms with Gasteiger partial charge in [0.05, 0.1) is 16.8 Å². The monoisotopic (exact) mass is 506 g/mol. The van der Waals surface area contributed by atoms with Crippen LogP contribution >= 0.6 is 0 Å². The SMILES string of the molecule is Cc1ccc2c(c1)C(c1ccccc1)(c1ccccc1)c1cc(C)ccc1N2c1ccc2c(c1)CN(C)C2=O. The van der Waals surface area contributed by atoms with Crippen molar-refractivity contribution in [2.45, 2.75) is 25.8 Å². The van der Waals surface area contributed by atoms with E-state index in [1.54, 1.807) is 4.90 Å². The van der Waals surface area contributed by atoms with Crippen LogP contribution in [-0.2, 0) is 12.0 Å². The lowest BCUT2D eigenvalue weighted by atomic mass is 9.62. The van der Waals surface area contributed by atoms with Gasteiger partial charge in [0.2, 0.25) is 0 Å². The number of hydrogen-bond donors (Lipinski definition) is 0. The molecule has 0 N–H and O–H groups in total. The Morgan fingerprint density at radius 3 is 1.72 bits per heavy atom. The maximum absolute atomic E-state index is 12.7. The summed E-state index contributed by atoms with van der Waals surface area (Å²) in [6.07, 6.45) is 0. The number of fused-ring (bicyclic) bond motifs is 3. The van der Waals surface area contributed by atoms with Gasteiger partial charge < -0.3 is 9.80 Å². The van der Waals surface area contributed by atoms with Gasteiger partial charge in [0.1, 0.15) is 0 Å². The molecular formula is C36H30N2O. The Kier molecular flexibility index (Phi) is 5.24. The second-order valence-corrected chi connectivity index (χ2v) is 10.9. The molecule has 3 nitrogen and oxygen atoms in total. The van der Waals surface area contributed by atoms with E-state index in [-0.39, 0.29) is 5.91 Å². The molecule has 0 aromatic heterocycles. The van der Waals surface area contributed by atoms with E-state index in [1.165, 1.54) is 33.4 Å². The number of nitrogens with zero attached hydrogens (tertiary/aromatic N) is 2. The molecule has 0 radical (unpaired) electrons. The first-order valence-electron chi connectivity index (χ1n) is 13.5. The Balaban J connectivity index is 1.59. The van der Waals surface area contributed by atoms with E-state index in [0.29, 0.717) is 6.54 Å². The minimum absolute atomic E-state index is 0.0921. The van der Waals surface area contributed by atoms with Crippen LogP contribution < -0.4 is 4.90 Å². The van der Waals surface area contributed by atoms with Crippen molar-refractivity contribution in [2.75, 3.05) is 11.9 Å². The third-order valence-electron chi connectivity index (χ3n) is 8.34. The zero-order valence-corrected chi connectivity index (χ0v) is 22.5. The molecule has 2 aliphatic heterocycles. The smallest absolute Gasteiger partial charge is 0.254 e. The van der Waals surface area contributed by atoms with Crippen LogP contribution in [0, 0.1) is 13.8 Å². The Bertz CT molecular complexity index is 1640. The first kappa shape index (κ1) is 23.5. The highest BCUT2D eigenvalue weighted by Gasteiger charge is 2.46. The van der Waals surface area contributed by atoms with Crippen molar-refractivity contribution in [3.63, 3.8) is 0 Å². The van der Waals surface area contributed by atoms with Crippen LogP contribution in [-0.4, -0.2) is 17.9 Å². The topological polar surface area (TPSA) is 23.6 Å². The lowest BCUT2D eigenvalue weighted by Crippen LogP contribution is -2.38. The van der Waals surface area contributed by atoms with Crippen molar-refractivity contribution in [2.24, 2.45) is 0 Å². The summed E-state index contributed by atoms with van der Waals surface area (Å²) in [5.41, 5.74) is 12.2. The average Bonchev–Trinajstić information content (AvgIpc) is 3.25. The Hall–Kier alpha value is -4.63. The summed E-state index contributed by atoms with van der Waals surface area (Å²) in [6.45, 7) is 4.98. The van der Waals surface area contributed by atoms with E-state index in [2.05, 4.69) is 128 Å². The fourth-order valence-electron chi connectivity index (χ4n) is 6.60. The molecule has 5 aromatic rings. The van der Waals surface area contributed by atoms with Gasteiger partial charge in [0.25, 0.3) is 5.91 Å². The number of amides is 1. The zero-order chi connectivity index (χ0) is 26.7. The summed E-state index contributed by atoms with van der Waals surface area (Å²) < 4.78 is 0. The Morgan fingerprint density at radius 1 is 0.641 bits per heavy atom. The van der Waals surface area contributed by atoms with Crippen molar-refractivity contribution in [1.82, 2.24) is 4.90 Å². The lowest BCUT2D eigenvalue weighted by molar-refractivity contribution is 0.0816. The van der Waals surface area contributed by atoms with Gasteiger partial charge in [-0.2, -0.15) is 0 Å². The summed E-state index contributed by atoms with van der Waals surface area (Å²) in [5.74, 6) is 0.0921. The molecule has 0 saturated carbocycles. The molecular weight excluding hydrogens is 476 g/mol. The molecule has 5 aromatic carbocycles. The van der Waals surface area contributed by atoms with E-state index in [9.17, 15) is 4.79 Å². The highest BCUT2D eigenvalue weighted by atomic mass is 16.2. The number of hydrogen-bond acceptors (Lipinski definition) is 2. The number of rotatable bonds is 3. The largest absolute Gasteiger partial charge is 0.337 e. The first-order chi connectivity index (χ1) is 19.0. The van der Waals surface area contributed by atoms with Gasteiger partial charge in [-0.1, -0.05) is 96.1 Å². The van der Waals surface area contributed by atoms with Crippen LogP contribution in [0.3, 0.4) is 0 Å². The third-order valence-corrected chi connectivity index (χ3v) is 8.34. The van der Waals surface area contributed by atoms with Crippen molar-refractivity contribution in [3.05, 3.63) is 160 Å². The Labute approximate surface area is 230 Å². The van der Waals surface area contributed by atoms with Gasteiger partial charge in [0.15, 0.2) is 0 Å². The molecule has 0 atom stereocenters. The molecule has 0 unspecified atom stereocenters. The fraction of sp³-hybridized carbons (Fsp3) is 0.139. The summed E-state index contributed by atoms with van der Waals surface area (Å²) in [5, 5.41) is 0. The highest BCUT2D eigenvalue weighted by molar-refractivity contribution is 5.99. The van der Waals surface area contributed by atoms with E-state index in [4.69, 9.17) is 0 Å². The first-order valence-corrected chi connectivity index (χ1v) is 13.5. The average molecular weight is 507 g/mol. The molecule has 0 spiro atoms. The molecule has 190 valence electrons. The zero-order valence-electron chi connectivity index (χ0n) is 22.5. The number of aryl methyl sites for hydroxylation is 2. The summed E-state index contributed by atoms with van der Waals surface area (Å²) in [6, 6.07) is 41.7. The molecule has 39 heavy (non-hydrogen) atoms. The lowest BCUT2D eigenvalue weighted by Gasteiger charge is -2.47. The van der Waals surface area contributed by atoms with Crippen molar-refractivity contribution in [3.8, 4) is 0 Å². The molecule has 0 fully saturated rings. The second kappa shape index (κ2) is 8.71. The molecule has 0 saturated heterocycles. The van der Waals surface area contributed by atoms with Crippen LogP contribution in [0.2, 0.25) is 0 Å². The quantitative estimate of drug-likeness (QED) is 0.242. The van der Waals surface area contributed by atoms with Crippen molar-refractivity contribution < 1.29 is 4.79 Å². The molecule has 3 heteroatoms. The highest BCUT2D eigenvalue weighted by Crippen LogP contribution is 2.58. The molecule has 2 aliphatic rings. The number of anilines is 3. The van der Waals surface area contributed by atoms with Gasteiger partial charge in [-0.05, 0) is 72.0 Å². The maximum Gasteiger partial charge on any atom is 0.254 e. The van der Waals surface area contributed by atoms with Crippen LogP contribution in [0.5, 0.6) is 0 Å². The second-order valence-electron chi connectivity index (χ2n) is 10.9. The van der Waals surface area contributed by atoms with E-state index in [0.717, 1.165) is 28.2 Å². The maximum atomic E-state index is 12.7. The normalized spacial score (nSPS) is 15.1. The van der Waals surface area contributed by atoms with Gasteiger partial charge >= 0.3 is 0 Å². The van der Waals surface area contributed by atoms with Gasteiger partial charge in [-0.3, -0.25) is 4.79 Å². The summed E-state index contributed by atoms with van der Waals surface area (Å²) in [7, 11) is 1.87. The fourth-order valence-corrected chi connectivity index (χ4v) is 6.60. The standard InChI is InChI=1S/C36H30N2O/c1-24-14-18-33-31(20-24)36(27-10-6-4-7-11-27,28-12-8-5-9-13-28)32-21-25(2)15-19-34(32)38(33)29-16-17-30-26(22-29)23-37(3)35(30)39/h4-22H,23H2,1-3H3. The molecule has 2 heterocycles. The Morgan fingerprint density at radius 2 is 1.18 bits per heavy atom. The van der Waals surface area contributed by atoms with Crippen LogP contribution in [0.25, 0.3) is 0 Å². The van der Waals surface area contributed by atoms with E-state index >= 15 is 0 Å². The van der Waals surface area contributed by atoms with Crippen LogP contribution in [0.15, 0.2) is 115 Å². The predicted octanol–water partition coefficient (Wildman–Crippen LogP) is 8.05. The number of carbonyl (C=O) groups excluding carboxylic acids is 1. The summed E-state index contributed by atoms with van der Waals surface area (Å²) >= 11 is 0. The van der Waals surface area contributed by atoms with Crippen LogP contribution in [0.1, 0.15) is 49.3 Å². The molecule has 7 rings (SSSR count). The molecule has 0 bridgehead atoms. The molecule has 1 amide bonds. The van der Waals surface area contributed by atoms with Crippen molar-refractivity contribution >= 4 is 23.0 Å². The van der Waals surface area contributed by atoms with Gasteiger partial charge in [-0.15, -0.1) is 0 Å². The molecule has 0 aliphatic carbocycles. The minimum atomic E-state index is -0.491.